The molecule has 0 fully saturated rings. The number of rotatable bonds is 14. The van der Waals surface area contributed by atoms with E-state index in [1.165, 1.54) is 48.5 Å². The molecule has 6 aromatic rings. The fourth-order valence-corrected chi connectivity index (χ4v) is 6.37. The molecule has 0 aliphatic heterocycles. The molecule has 2 atom stereocenters. The number of benzene rings is 4. The number of nitrogens with zero attached hydrogens (tertiary/aromatic N) is 4. The van der Waals surface area contributed by atoms with Crippen LogP contribution in [0.3, 0.4) is 0 Å². The lowest BCUT2D eigenvalue weighted by atomic mass is 9.83. The lowest BCUT2D eigenvalue weighted by Gasteiger charge is -2.30. The summed E-state index contributed by atoms with van der Waals surface area (Å²) in [6.45, 7) is 0.798. The molecule has 0 saturated heterocycles. The molecular formula is C38H34F4N4O. The van der Waals surface area contributed by atoms with Gasteiger partial charge in [-0.3, -0.25) is 0 Å². The first-order chi connectivity index (χ1) is 23.0. The first-order valence-electron chi connectivity index (χ1n) is 15.5. The zero-order valence-electron chi connectivity index (χ0n) is 25.5. The first-order valence-corrected chi connectivity index (χ1v) is 15.5. The van der Waals surface area contributed by atoms with Crippen molar-refractivity contribution in [1.29, 1.82) is 0 Å². The second-order valence-electron chi connectivity index (χ2n) is 11.5. The second kappa shape index (κ2) is 15.0. The summed E-state index contributed by atoms with van der Waals surface area (Å²) in [5.74, 6) is -1.78. The van der Waals surface area contributed by atoms with Crippen LogP contribution in [0.25, 0.3) is 0 Å². The molecule has 0 spiro atoms. The smallest absolute Gasteiger partial charge is 0.123 e. The van der Waals surface area contributed by atoms with Crippen molar-refractivity contribution >= 4 is 0 Å². The highest BCUT2D eigenvalue weighted by Gasteiger charge is 2.29. The van der Waals surface area contributed by atoms with E-state index in [9.17, 15) is 17.6 Å². The van der Waals surface area contributed by atoms with Gasteiger partial charge in [-0.1, -0.05) is 48.5 Å². The lowest BCUT2D eigenvalue weighted by molar-refractivity contribution is 0.105. The van der Waals surface area contributed by atoms with Gasteiger partial charge in [-0.25, -0.2) is 27.5 Å². The molecule has 4 aromatic carbocycles. The highest BCUT2D eigenvalue weighted by Crippen LogP contribution is 2.39. The number of ether oxygens (including phenoxy) is 1. The molecule has 2 unspecified atom stereocenters. The topological polar surface area (TPSA) is 44.9 Å². The van der Waals surface area contributed by atoms with Gasteiger partial charge in [-0.15, -0.1) is 0 Å². The molecule has 2 heterocycles. The third kappa shape index (κ3) is 7.86. The summed E-state index contributed by atoms with van der Waals surface area (Å²) in [6.07, 6.45) is 11.9. The molecular weight excluding hydrogens is 604 g/mol. The predicted octanol–water partition coefficient (Wildman–Crippen LogP) is 8.88. The maximum Gasteiger partial charge on any atom is 0.123 e. The zero-order valence-corrected chi connectivity index (χ0v) is 25.5. The fraction of sp³-hybridized carbons (Fsp3) is 0.211. The average Bonchev–Trinajstić information content (AvgIpc) is 3.82. The average molecular weight is 639 g/mol. The monoisotopic (exact) mass is 638 g/mol. The van der Waals surface area contributed by atoms with Crippen molar-refractivity contribution < 1.29 is 22.3 Å². The van der Waals surface area contributed by atoms with Gasteiger partial charge in [0, 0.05) is 61.9 Å². The molecule has 9 heteroatoms. The first kappa shape index (κ1) is 31.9. The second-order valence-corrected chi connectivity index (χ2v) is 11.5. The standard InChI is InChI=1S/C38H34F4N4O/c39-31-9-1-27(2-10-31)37(28-3-11-32(40)12-4-28)35(45-21-19-43-25-45)17-23-47-24-18-36(46-22-20-44-26-46)38(29-5-13-33(41)14-6-29)30-7-15-34(42)16-8-30/h1-16,19-22,25-26,35-38H,17-18,23-24H2. The van der Waals surface area contributed by atoms with E-state index in [-0.39, 0.29) is 47.2 Å². The van der Waals surface area contributed by atoms with Crippen LogP contribution in [0.15, 0.2) is 135 Å². The van der Waals surface area contributed by atoms with Crippen LogP contribution in [0.4, 0.5) is 17.6 Å². The number of halogens is 4. The van der Waals surface area contributed by atoms with Crippen LogP contribution in [0.1, 0.15) is 59.0 Å². The van der Waals surface area contributed by atoms with Gasteiger partial charge in [0.1, 0.15) is 23.3 Å². The van der Waals surface area contributed by atoms with Crippen LogP contribution in [0.2, 0.25) is 0 Å². The van der Waals surface area contributed by atoms with E-state index in [1.54, 1.807) is 73.6 Å². The normalized spacial score (nSPS) is 12.9. The molecule has 240 valence electrons. The highest BCUT2D eigenvalue weighted by molar-refractivity contribution is 5.36. The SMILES string of the molecule is Fc1ccc(C(c2ccc(F)cc2)C(CCOCCC(C(c2ccc(F)cc2)c2ccc(F)cc2)n2ccnc2)n2ccnc2)cc1. The van der Waals surface area contributed by atoms with Crippen molar-refractivity contribution in [1.82, 2.24) is 19.1 Å². The number of hydrogen-bond donors (Lipinski definition) is 0. The van der Waals surface area contributed by atoms with E-state index < -0.39 is 0 Å². The maximum absolute atomic E-state index is 13.9. The Kier molecular flexibility index (Phi) is 10.2. The minimum absolute atomic E-state index is 0.163. The van der Waals surface area contributed by atoms with E-state index in [2.05, 4.69) is 9.97 Å². The number of hydrogen-bond acceptors (Lipinski definition) is 3. The summed E-state index contributed by atoms with van der Waals surface area (Å²) >= 11 is 0. The Morgan fingerprint density at radius 2 is 0.766 bits per heavy atom. The van der Waals surface area contributed by atoms with Crippen molar-refractivity contribution in [3.05, 3.63) is 180 Å². The summed E-state index contributed by atoms with van der Waals surface area (Å²) in [4.78, 5) is 8.54. The van der Waals surface area contributed by atoms with Crippen LogP contribution in [0, 0.1) is 23.3 Å². The molecule has 47 heavy (non-hydrogen) atoms. The highest BCUT2D eigenvalue weighted by atomic mass is 19.1. The van der Waals surface area contributed by atoms with Gasteiger partial charge in [0.2, 0.25) is 0 Å². The van der Waals surface area contributed by atoms with Gasteiger partial charge >= 0.3 is 0 Å². The summed E-state index contributed by atoms with van der Waals surface area (Å²) in [5, 5.41) is 0. The lowest BCUT2D eigenvalue weighted by Crippen LogP contribution is -2.22. The summed E-state index contributed by atoms with van der Waals surface area (Å²) in [7, 11) is 0. The van der Waals surface area contributed by atoms with Gasteiger partial charge in [-0.05, 0) is 83.6 Å². The molecule has 0 N–H and O–H groups in total. The third-order valence-electron chi connectivity index (χ3n) is 8.62. The Morgan fingerprint density at radius 3 is 1.02 bits per heavy atom. The van der Waals surface area contributed by atoms with Gasteiger partial charge in [0.05, 0.1) is 12.7 Å². The molecule has 0 saturated carbocycles. The van der Waals surface area contributed by atoms with Crippen molar-refractivity contribution in [3.8, 4) is 0 Å². The van der Waals surface area contributed by atoms with Crippen molar-refractivity contribution in [3.63, 3.8) is 0 Å². The Balaban J connectivity index is 1.22. The Labute approximate surface area is 271 Å². The maximum atomic E-state index is 13.9. The fourth-order valence-electron chi connectivity index (χ4n) is 6.37. The van der Waals surface area contributed by atoms with Crippen LogP contribution in [-0.2, 0) is 4.74 Å². The van der Waals surface area contributed by atoms with E-state index in [0.717, 1.165) is 22.3 Å². The third-order valence-corrected chi connectivity index (χ3v) is 8.62. The van der Waals surface area contributed by atoms with Gasteiger partial charge < -0.3 is 13.9 Å². The number of aromatic nitrogens is 4. The van der Waals surface area contributed by atoms with E-state index in [0.29, 0.717) is 26.1 Å². The van der Waals surface area contributed by atoms with E-state index in [4.69, 9.17) is 4.74 Å². The molecule has 0 bridgehead atoms. The van der Waals surface area contributed by atoms with Crippen LogP contribution in [0.5, 0.6) is 0 Å². The zero-order chi connectivity index (χ0) is 32.6. The minimum atomic E-state index is -0.332. The summed E-state index contributed by atoms with van der Waals surface area (Å²) in [5.41, 5.74) is 3.55. The Bertz CT molecular complexity index is 1570. The molecule has 0 amide bonds. The van der Waals surface area contributed by atoms with Crippen molar-refractivity contribution in [2.45, 2.75) is 36.8 Å². The molecule has 0 aliphatic rings. The molecule has 0 radical (unpaired) electrons. The van der Waals surface area contributed by atoms with Crippen molar-refractivity contribution in [2.24, 2.45) is 0 Å². The van der Waals surface area contributed by atoms with Crippen LogP contribution < -0.4 is 0 Å². The molecule has 6 rings (SSSR count). The molecule has 0 aliphatic carbocycles. The number of imidazole rings is 2. The Hall–Kier alpha value is -5.02. The summed E-state index contributed by atoms with van der Waals surface area (Å²) in [6, 6.07) is 25.2. The Morgan fingerprint density at radius 1 is 0.468 bits per heavy atom. The van der Waals surface area contributed by atoms with Crippen LogP contribution >= 0.6 is 0 Å². The quantitative estimate of drug-likeness (QED) is 0.0885. The molecule has 5 nitrogen and oxygen atoms in total. The minimum Gasteiger partial charge on any atom is -0.381 e. The summed E-state index contributed by atoms with van der Waals surface area (Å²) < 4.78 is 66.0. The van der Waals surface area contributed by atoms with Crippen molar-refractivity contribution in [2.75, 3.05) is 13.2 Å². The van der Waals surface area contributed by atoms with Gasteiger partial charge in [0.25, 0.3) is 0 Å². The molecule has 2 aromatic heterocycles. The van der Waals surface area contributed by atoms with E-state index in [1.807, 2.05) is 21.5 Å². The van der Waals surface area contributed by atoms with Crippen LogP contribution in [-0.4, -0.2) is 32.3 Å². The van der Waals surface area contributed by atoms with E-state index >= 15 is 0 Å². The van der Waals surface area contributed by atoms with Gasteiger partial charge in [-0.2, -0.15) is 0 Å². The largest absolute Gasteiger partial charge is 0.381 e. The van der Waals surface area contributed by atoms with Gasteiger partial charge in [0.15, 0.2) is 0 Å². The predicted molar refractivity (Wildman–Crippen MR) is 172 cm³/mol.